The minimum atomic E-state index is -2.88. The Labute approximate surface area is 187 Å². The molecule has 29 heavy (non-hydrogen) atoms. The number of unbranched alkanes of at least 4 members (excludes halogenated alkanes) is 2. The summed E-state index contributed by atoms with van der Waals surface area (Å²) in [7, 11) is 1.38. The first-order valence-corrected chi connectivity index (χ1v) is 9.28. The summed E-state index contributed by atoms with van der Waals surface area (Å²) in [6, 6.07) is 5.82. The number of nitrogens with one attached hydrogen (secondary N) is 2. The highest BCUT2D eigenvalue weighted by Crippen LogP contribution is 2.19. The molecule has 166 valence electrons. The zero-order chi connectivity index (χ0) is 20.8. The van der Waals surface area contributed by atoms with E-state index in [2.05, 4.69) is 25.1 Å². The molecule has 0 saturated carbocycles. The third-order valence-electron chi connectivity index (χ3n) is 3.83. The zero-order valence-electron chi connectivity index (χ0n) is 16.7. The number of benzene rings is 1. The van der Waals surface area contributed by atoms with Crippen LogP contribution in [0.2, 0.25) is 0 Å². The molecular formula is C19H30F2IN3O4. The molecule has 0 fully saturated rings. The Kier molecular flexibility index (Phi) is 15.2. The number of carbonyl (C=O) groups excluding carboxylic acids is 1. The number of hydrogen-bond donors (Lipinski definition) is 3. The molecule has 0 radical (unpaired) electrons. The first-order valence-electron chi connectivity index (χ1n) is 9.28. The summed E-state index contributed by atoms with van der Waals surface area (Å²) in [6.07, 6.45) is 2.08. The fourth-order valence-electron chi connectivity index (χ4n) is 2.38. The van der Waals surface area contributed by atoms with E-state index in [4.69, 9.17) is 0 Å². The summed E-state index contributed by atoms with van der Waals surface area (Å²) in [4.78, 5) is 15.4. The van der Waals surface area contributed by atoms with E-state index >= 15 is 0 Å². The number of aliphatic hydroxyl groups excluding tert-OH is 1. The van der Waals surface area contributed by atoms with Crippen LogP contribution in [0.4, 0.5) is 8.78 Å². The van der Waals surface area contributed by atoms with Crippen LogP contribution >= 0.6 is 24.0 Å². The van der Waals surface area contributed by atoms with Gasteiger partial charge in [0.25, 0.3) is 0 Å². The van der Waals surface area contributed by atoms with Gasteiger partial charge >= 0.3 is 12.6 Å². The second kappa shape index (κ2) is 16.1. The monoisotopic (exact) mass is 529 g/mol. The predicted molar refractivity (Wildman–Crippen MR) is 118 cm³/mol. The SMILES string of the molecule is CCNC(=NCC(O)c1ccc(OC(F)F)cc1)NCCCCCC(=O)OC.I. The second-order valence-electron chi connectivity index (χ2n) is 6.00. The van der Waals surface area contributed by atoms with E-state index < -0.39 is 12.7 Å². The average molecular weight is 529 g/mol. The first kappa shape index (κ1) is 27.3. The molecule has 1 unspecified atom stereocenters. The van der Waals surface area contributed by atoms with E-state index in [1.54, 1.807) is 0 Å². The molecule has 0 heterocycles. The lowest BCUT2D eigenvalue weighted by atomic mass is 10.1. The largest absolute Gasteiger partial charge is 0.469 e. The number of nitrogens with zero attached hydrogens (tertiary/aromatic N) is 1. The number of methoxy groups -OCH3 is 1. The summed E-state index contributed by atoms with van der Waals surface area (Å²) >= 11 is 0. The maximum atomic E-state index is 12.2. The van der Waals surface area contributed by atoms with Crippen LogP contribution in [0.5, 0.6) is 5.75 Å². The summed E-state index contributed by atoms with van der Waals surface area (Å²) in [5.74, 6) is 0.412. The van der Waals surface area contributed by atoms with Crippen molar-refractivity contribution in [1.82, 2.24) is 10.6 Å². The minimum Gasteiger partial charge on any atom is -0.469 e. The van der Waals surface area contributed by atoms with Crippen LogP contribution in [-0.4, -0.2) is 50.4 Å². The van der Waals surface area contributed by atoms with Gasteiger partial charge in [-0.15, -0.1) is 24.0 Å². The van der Waals surface area contributed by atoms with Crippen molar-refractivity contribution in [2.45, 2.75) is 45.3 Å². The van der Waals surface area contributed by atoms with E-state index in [0.29, 0.717) is 31.0 Å². The molecule has 0 aliphatic carbocycles. The normalized spacial score (nSPS) is 12.1. The van der Waals surface area contributed by atoms with E-state index in [0.717, 1.165) is 19.3 Å². The third-order valence-corrected chi connectivity index (χ3v) is 3.83. The number of esters is 1. The lowest BCUT2D eigenvalue weighted by molar-refractivity contribution is -0.140. The van der Waals surface area contributed by atoms with Gasteiger partial charge in [-0.3, -0.25) is 9.79 Å². The van der Waals surface area contributed by atoms with Crippen LogP contribution in [0.15, 0.2) is 29.3 Å². The fourth-order valence-corrected chi connectivity index (χ4v) is 2.38. The van der Waals surface area contributed by atoms with Crippen LogP contribution < -0.4 is 15.4 Å². The van der Waals surface area contributed by atoms with Crippen LogP contribution in [0.25, 0.3) is 0 Å². The Bertz CT molecular complexity index is 604. The molecule has 0 aliphatic rings. The third kappa shape index (κ3) is 12.5. The van der Waals surface area contributed by atoms with Gasteiger partial charge in [0.1, 0.15) is 5.75 Å². The van der Waals surface area contributed by atoms with Gasteiger partial charge in [-0.1, -0.05) is 18.6 Å². The smallest absolute Gasteiger partial charge is 0.387 e. The van der Waals surface area contributed by atoms with Crippen molar-refractivity contribution in [3.63, 3.8) is 0 Å². The molecule has 3 N–H and O–H groups in total. The lowest BCUT2D eigenvalue weighted by Crippen LogP contribution is -2.38. The average Bonchev–Trinajstić information content (AvgIpc) is 2.68. The molecule has 1 rings (SSSR count). The number of ether oxygens (including phenoxy) is 2. The molecule has 7 nitrogen and oxygen atoms in total. The summed E-state index contributed by atoms with van der Waals surface area (Å²) < 4.78 is 33.2. The van der Waals surface area contributed by atoms with Crippen LogP contribution in [-0.2, 0) is 9.53 Å². The number of hydrogen-bond acceptors (Lipinski definition) is 5. The van der Waals surface area contributed by atoms with Crippen molar-refractivity contribution in [2.75, 3.05) is 26.7 Å². The van der Waals surface area contributed by atoms with E-state index in [1.165, 1.54) is 31.4 Å². The molecule has 0 saturated heterocycles. The Morgan fingerprint density at radius 2 is 1.86 bits per heavy atom. The molecule has 10 heteroatoms. The first-order chi connectivity index (χ1) is 13.5. The highest BCUT2D eigenvalue weighted by Gasteiger charge is 2.09. The summed E-state index contributed by atoms with van der Waals surface area (Å²) in [5, 5.41) is 16.5. The molecule has 1 aromatic carbocycles. The van der Waals surface area contributed by atoms with Crippen LogP contribution in [0.1, 0.15) is 44.3 Å². The Morgan fingerprint density at radius 1 is 1.17 bits per heavy atom. The van der Waals surface area contributed by atoms with Gasteiger partial charge in [-0.05, 0) is 37.5 Å². The zero-order valence-corrected chi connectivity index (χ0v) is 19.0. The topological polar surface area (TPSA) is 92.2 Å². The Balaban J connectivity index is 0.00000784. The van der Waals surface area contributed by atoms with Crippen molar-refractivity contribution >= 4 is 35.9 Å². The van der Waals surface area contributed by atoms with Gasteiger partial charge in [-0.25, -0.2) is 0 Å². The highest BCUT2D eigenvalue weighted by atomic mass is 127. The van der Waals surface area contributed by atoms with Gasteiger partial charge in [0.15, 0.2) is 5.96 Å². The Hall–Kier alpha value is -1.69. The van der Waals surface area contributed by atoms with Gasteiger partial charge in [0.05, 0.1) is 19.8 Å². The van der Waals surface area contributed by atoms with Crippen molar-refractivity contribution in [3.8, 4) is 5.75 Å². The van der Waals surface area contributed by atoms with Crippen molar-refractivity contribution in [3.05, 3.63) is 29.8 Å². The summed E-state index contributed by atoms with van der Waals surface area (Å²) in [6.45, 7) is 0.528. The molecular weight excluding hydrogens is 499 g/mol. The number of guanidine groups is 1. The summed E-state index contributed by atoms with van der Waals surface area (Å²) in [5.41, 5.74) is 0.559. The molecule has 0 aromatic heterocycles. The van der Waals surface area contributed by atoms with Gasteiger partial charge in [-0.2, -0.15) is 8.78 Å². The second-order valence-corrected chi connectivity index (χ2v) is 6.00. The quantitative estimate of drug-likeness (QED) is 0.127. The van der Waals surface area contributed by atoms with Crippen molar-refractivity contribution < 1.29 is 28.2 Å². The number of alkyl halides is 2. The minimum absolute atomic E-state index is 0. The van der Waals surface area contributed by atoms with E-state index in [1.807, 2.05) is 6.92 Å². The number of aliphatic imine (C=N–C) groups is 1. The molecule has 0 bridgehead atoms. The molecule has 1 atom stereocenters. The number of carbonyl (C=O) groups is 1. The number of rotatable bonds is 12. The van der Waals surface area contributed by atoms with E-state index in [-0.39, 0.29) is 42.2 Å². The van der Waals surface area contributed by atoms with Crippen molar-refractivity contribution in [1.29, 1.82) is 0 Å². The van der Waals surface area contributed by atoms with E-state index in [9.17, 15) is 18.7 Å². The lowest BCUT2D eigenvalue weighted by Gasteiger charge is -2.14. The van der Waals surface area contributed by atoms with Gasteiger partial charge in [0.2, 0.25) is 0 Å². The number of halogens is 3. The number of aliphatic hydroxyl groups is 1. The highest BCUT2D eigenvalue weighted by molar-refractivity contribution is 14.0. The Morgan fingerprint density at radius 3 is 2.45 bits per heavy atom. The molecule has 0 aliphatic heterocycles. The molecule has 0 amide bonds. The maximum Gasteiger partial charge on any atom is 0.387 e. The predicted octanol–water partition coefficient (Wildman–Crippen LogP) is 3.23. The molecule has 0 spiro atoms. The standard InChI is InChI=1S/C19H29F2N3O4.HI/c1-3-22-19(23-12-6-4-5-7-17(26)27-2)24-13-16(25)14-8-10-15(11-9-14)28-18(20)21;/h8-11,16,18,25H,3-7,12-13H2,1-2H3,(H2,22,23,24);1H. The fraction of sp³-hybridized carbons (Fsp3) is 0.579. The van der Waals surface area contributed by atoms with Crippen LogP contribution in [0, 0.1) is 0 Å². The van der Waals surface area contributed by atoms with Crippen molar-refractivity contribution in [2.24, 2.45) is 4.99 Å². The maximum absolute atomic E-state index is 12.2. The van der Waals surface area contributed by atoms with Gasteiger partial charge < -0.3 is 25.2 Å². The molecule has 1 aromatic rings. The van der Waals surface area contributed by atoms with Gasteiger partial charge in [0, 0.05) is 19.5 Å². The van der Waals surface area contributed by atoms with Crippen LogP contribution in [0.3, 0.4) is 0 Å².